The maximum absolute atomic E-state index is 10.8. The molecule has 1 unspecified atom stereocenters. The van der Waals surface area contributed by atoms with E-state index in [1.165, 1.54) is 6.26 Å². The van der Waals surface area contributed by atoms with Gasteiger partial charge in [0.1, 0.15) is 9.84 Å². The first-order valence-corrected chi connectivity index (χ1v) is 6.41. The molecule has 3 nitrogen and oxygen atoms in total. The van der Waals surface area contributed by atoms with Crippen LogP contribution in [-0.4, -0.2) is 33.0 Å². The molecule has 5 heteroatoms. The van der Waals surface area contributed by atoms with E-state index >= 15 is 0 Å². The second-order valence-electron chi connectivity index (χ2n) is 2.89. The topological polar surface area (TPSA) is 46.2 Å². The Kier molecular flexibility index (Phi) is 5.04. The van der Waals surface area contributed by atoms with Crippen molar-refractivity contribution in [1.29, 1.82) is 0 Å². The van der Waals surface area contributed by atoms with Gasteiger partial charge in [-0.25, -0.2) is 8.42 Å². The summed E-state index contributed by atoms with van der Waals surface area (Å²) in [7, 11) is -2.88. The van der Waals surface area contributed by atoms with Crippen LogP contribution in [0.15, 0.2) is 11.1 Å². The van der Waals surface area contributed by atoms with E-state index in [4.69, 9.17) is 0 Å². The van der Waals surface area contributed by atoms with Gasteiger partial charge in [-0.05, 0) is 6.92 Å². The van der Waals surface area contributed by atoms with Gasteiger partial charge >= 0.3 is 0 Å². The molecule has 0 aliphatic carbocycles. The summed E-state index contributed by atoms with van der Waals surface area (Å²) >= 11 is 3.18. The standard InChI is InChI=1S/C7H14BrNO2S/c1-6(8)4-9-7(2)5-12(3,10)11/h7,9H,1,4-5H2,2-3H3. The Labute approximate surface area is 82.3 Å². The van der Waals surface area contributed by atoms with Crippen molar-refractivity contribution in [2.45, 2.75) is 13.0 Å². The van der Waals surface area contributed by atoms with E-state index in [0.29, 0.717) is 6.54 Å². The maximum atomic E-state index is 10.8. The average Bonchev–Trinajstić information content (AvgIpc) is 1.79. The minimum atomic E-state index is -2.88. The van der Waals surface area contributed by atoms with Crippen LogP contribution >= 0.6 is 15.9 Å². The van der Waals surface area contributed by atoms with Crippen LogP contribution in [0.2, 0.25) is 0 Å². The first kappa shape index (κ1) is 12.1. The van der Waals surface area contributed by atoms with E-state index in [1.807, 2.05) is 6.92 Å². The molecule has 72 valence electrons. The lowest BCUT2D eigenvalue weighted by atomic mass is 10.4. The van der Waals surface area contributed by atoms with Crippen molar-refractivity contribution in [2.24, 2.45) is 0 Å². The molecule has 0 aromatic rings. The minimum absolute atomic E-state index is 0.0331. The third-order valence-corrected chi connectivity index (χ3v) is 2.58. The molecular formula is C7H14BrNO2S. The lowest BCUT2D eigenvalue weighted by Crippen LogP contribution is -2.33. The third kappa shape index (κ3) is 8.23. The smallest absolute Gasteiger partial charge is 0.148 e. The van der Waals surface area contributed by atoms with Crippen molar-refractivity contribution in [3.63, 3.8) is 0 Å². The molecular weight excluding hydrogens is 242 g/mol. The van der Waals surface area contributed by atoms with Gasteiger partial charge in [-0.2, -0.15) is 0 Å². The third-order valence-electron chi connectivity index (χ3n) is 1.20. The van der Waals surface area contributed by atoms with Crippen LogP contribution in [0.3, 0.4) is 0 Å². The monoisotopic (exact) mass is 255 g/mol. The fourth-order valence-electron chi connectivity index (χ4n) is 0.798. The first-order chi connectivity index (χ1) is 5.31. The molecule has 0 spiro atoms. The molecule has 0 saturated heterocycles. The molecule has 0 saturated carbocycles. The van der Waals surface area contributed by atoms with Crippen LogP contribution in [0.5, 0.6) is 0 Å². The van der Waals surface area contributed by atoms with E-state index in [9.17, 15) is 8.42 Å². The average molecular weight is 256 g/mol. The predicted molar refractivity (Wildman–Crippen MR) is 55.2 cm³/mol. The lowest BCUT2D eigenvalue weighted by molar-refractivity contribution is 0.576. The highest BCUT2D eigenvalue weighted by Crippen LogP contribution is 1.98. The van der Waals surface area contributed by atoms with Crippen molar-refractivity contribution in [1.82, 2.24) is 5.32 Å². The number of hydrogen-bond donors (Lipinski definition) is 1. The van der Waals surface area contributed by atoms with Gasteiger partial charge in [0, 0.05) is 23.3 Å². The van der Waals surface area contributed by atoms with Crippen LogP contribution in [0.1, 0.15) is 6.92 Å². The summed E-state index contributed by atoms with van der Waals surface area (Å²) < 4.78 is 22.4. The molecule has 0 bridgehead atoms. The van der Waals surface area contributed by atoms with E-state index < -0.39 is 9.84 Å². The van der Waals surface area contributed by atoms with Gasteiger partial charge in [-0.3, -0.25) is 0 Å². The van der Waals surface area contributed by atoms with Crippen molar-refractivity contribution in [3.8, 4) is 0 Å². The minimum Gasteiger partial charge on any atom is -0.309 e. The summed E-state index contributed by atoms with van der Waals surface area (Å²) in [6, 6.07) is -0.0331. The number of hydrogen-bond acceptors (Lipinski definition) is 3. The fraction of sp³-hybridized carbons (Fsp3) is 0.714. The summed E-state index contributed by atoms with van der Waals surface area (Å²) in [5.74, 6) is 0.160. The highest BCUT2D eigenvalue weighted by atomic mass is 79.9. The first-order valence-electron chi connectivity index (χ1n) is 3.55. The fourth-order valence-corrected chi connectivity index (χ4v) is 1.99. The zero-order valence-electron chi connectivity index (χ0n) is 7.30. The van der Waals surface area contributed by atoms with Gasteiger partial charge in [0.2, 0.25) is 0 Å². The SMILES string of the molecule is C=C(Br)CNC(C)CS(C)(=O)=O. The van der Waals surface area contributed by atoms with Crippen molar-refractivity contribution >= 4 is 25.8 Å². The van der Waals surface area contributed by atoms with Gasteiger partial charge < -0.3 is 5.32 Å². The Morgan fingerprint density at radius 2 is 2.17 bits per heavy atom. The zero-order valence-corrected chi connectivity index (χ0v) is 9.70. The summed E-state index contributed by atoms with van der Waals surface area (Å²) in [5.41, 5.74) is 0. The predicted octanol–water partition coefficient (Wildman–Crippen LogP) is 0.918. The summed E-state index contributed by atoms with van der Waals surface area (Å²) in [6.07, 6.45) is 1.23. The van der Waals surface area contributed by atoms with Crippen LogP contribution in [-0.2, 0) is 9.84 Å². The lowest BCUT2D eigenvalue weighted by Gasteiger charge is -2.11. The van der Waals surface area contributed by atoms with Crippen LogP contribution in [0.4, 0.5) is 0 Å². The summed E-state index contributed by atoms with van der Waals surface area (Å²) in [5, 5.41) is 3.01. The zero-order chi connectivity index (χ0) is 9.78. The maximum Gasteiger partial charge on any atom is 0.148 e. The van der Waals surface area contributed by atoms with Crippen LogP contribution < -0.4 is 5.32 Å². The van der Waals surface area contributed by atoms with Gasteiger partial charge in [0.15, 0.2) is 0 Å². The Hall–Kier alpha value is 0.130. The molecule has 0 aromatic heterocycles. The summed E-state index contributed by atoms with van der Waals surface area (Å²) in [6.45, 7) is 6.05. The molecule has 0 amide bonds. The van der Waals surface area contributed by atoms with E-state index in [2.05, 4.69) is 27.8 Å². The number of rotatable bonds is 5. The Balaban J connectivity index is 3.75. The Morgan fingerprint density at radius 1 is 1.67 bits per heavy atom. The van der Waals surface area contributed by atoms with Gasteiger partial charge in [-0.1, -0.05) is 22.5 Å². The second kappa shape index (κ2) is 4.99. The van der Waals surface area contributed by atoms with E-state index in [0.717, 1.165) is 4.48 Å². The van der Waals surface area contributed by atoms with Gasteiger partial charge in [0.25, 0.3) is 0 Å². The van der Waals surface area contributed by atoms with Gasteiger partial charge in [-0.15, -0.1) is 0 Å². The normalized spacial score (nSPS) is 14.2. The molecule has 1 N–H and O–H groups in total. The molecule has 1 atom stereocenters. The van der Waals surface area contributed by atoms with Crippen LogP contribution in [0, 0.1) is 0 Å². The summed E-state index contributed by atoms with van der Waals surface area (Å²) in [4.78, 5) is 0. The highest BCUT2D eigenvalue weighted by Gasteiger charge is 2.08. The Bertz CT molecular complexity index is 248. The van der Waals surface area contributed by atoms with Crippen molar-refractivity contribution < 1.29 is 8.42 Å². The largest absolute Gasteiger partial charge is 0.309 e. The number of sulfone groups is 1. The quantitative estimate of drug-likeness (QED) is 0.795. The molecule has 0 fully saturated rings. The van der Waals surface area contributed by atoms with E-state index in [-0.39, 0.29) is 11.8 Å². The number of nitrogens with one attached hydrogen (secondary N) is 1. The Morgan fingerprint density at radius 3 is 2.50 bits per heavy atom. The molecule has 0 heterocycles. The van der Waals surface area contributed by atoms with Crippen molar-refractivity contribution in [3.05, 3.63) is 11.1 Å². The molecule has 0 radical (unpaired) electrons. The molecule has 0 rings (SSSR count). The second-order valence-corrected chi connectivity index (χ2v) is 6.20. The molecule has 12 heavy (non-hydrogen) atoms. The highest BCUT2D eigenvalue weighted by molar-refractivity contribution is 9.11. The molecule has 0 aromatic carbocycles. The molecule has 0 aliphatic rings. The van der Waals surface area contributed by atoms with Gasteiger partial charge in [0.05, 0.1) is 5.75 Å². The molecule has 0 aliphatic heterocycles. The van der Waals surface area contributed by atoms with E-state index in [1.54, 1.807) is 0 Å². The number of halogens is 1. The van der Waals surface area contributed by atoms with Crippen LogP contribution in [0.25, 0.3) is 0 Å². The van der Waals surface area contributed by atoms with Crippen molar-refractivity contribution in [2.75, 3.05) is 18.6 Å².